The number of rotatable bonds is 4. The van der Waals surface area contributed by atoms with E-state index >= 15 is 0 Å². The SMILES string of the molecule is C=C(C)N/C=C1C(\C2C=CC(Cl)=CC2)=N/C(C(C)C)C(=N)S/C(C)=C\1C. The monoisotopic (exact) mass is 389 g/mol. The topological polar surface area (TPSA) is 48.2 Å². The number of halogens is 1. The number of nitrogens with one attached hydrogen (secondary N) is 2. The molecule has 0 saturated carbocycles. The average Bonchev–Trinajstić information content (AvgIpc) is 2.56. The van der Waals surface area contributed by atoms with Crippen LogP contribution in [-0.4, -0.2) is 16.8 Å². The molecular formula is C21H28ClN3S. The van der Waals surface area contributed by atoms with Gasteiger partial charge in [-0.15, -0.1) is 0 Å². The van der Waals surface area contributed by atoms with Gasteiger partial charge in [0.25, 0.3) is 0 Å². The number of allylic oxidation sites excluding steroid dienone is 8. The maximum atomic E-state index is 8.53. The quantitative estimate of drug-likeness (QED) is 0.603. The third-order valence-electron chi connectivity index (χ3n) is 4.52. The van der Waals surface area contributed by atoms with Crippen LogP contribution >= 0.6 is 23.4 Å². The fraction of sp³-hybridized carbons (Fsp3) is 0.429. The predicted octanol–water partition coefficient (Wildman–Crippen LogP) is 6.18. The van der Waals surface area contributed by atoms with E-state index in [1.807, 2.05) is 25.3 Å². The van der Waals surface area contributed by atoms with E-state index < -0.39 is 0 Å². The van der Waals surface area contributed by atoms with E-state index in [9.17, 15) is 0 Å². The van der Waals surface area contributed by atoms with Crippen LogP contribution in [0, 0.1) is 17.2 Å². The molecule has 0 fully saturated rings. The normalized spacial score (nSPS) is 30.6. The molecular weight excluding hydrogens is 362 g/mol. The maximum absolute atomic E-state index is 8.53. The lowest BCUT2D eigenvalue weighted by molar-refractivity contribution is 0.596. The number of nitrogens with zero attached hydrogens (tertiary/aromatic N) is 1. The van der Waals surface area contributed by atoms with Crippen LogP contribution in [0.5, 0.6) is 0 Å². The second-order valence-corrected chi connectivity index (χ2v) is 8.82. The van der Waals surface area contributed by atoms with Crippen LogP contribution in [0.15, 0.2) is 62.8 Å². The molecule has 0 aromatic heterocycles. The van der Waals surface area contributed by atoms with Crippen molar-refractivity contribution in [1.82, 2.24) is 5.32 Å². The molecule has 0 saturated heterocycles. The fourth-order valence-electron chi connectivity index (χ4n) is 2.88. The fourth-order valence-corrected chi connectivity index (χ4v) is 4.08. The molecule has 0 bridgehead atoms. The van der Waals surface area contributed by atoms with E-state index in [-0.39, 0.29) is 17.9 Å². The molecule has 0 aromatic carbocycles. The molecule has 0 amide bonds. The Hall–Kier alpha value is -1.52. The van der Waals surface area contributed by atoms with E-state index in [2.05, 4.69) is 45.7 Å². The van der Waals surface area contributed by atoms with E-state index in [4.69, 9.17) is 22.0 Å². The minimum absolute atomic E-state index is 0.138. The first-order valence-corrected chi connectivity index (χ1v) is 10.1. The van der Waals surface area contributed by atoms with Crippen LogP contribution in [-0.2, 0) is 0 Å². The molecule has 2 aliphatic rings. The van der Waals surface area contributed by atoms with Crippen molar-refractivity contribution in [3.05, 3.63) is 57.8 Å². The average molecular weight is 390 g/mol. The Morgan fingerprint density at radius 3 is 2.69 bits per heavy atom. The van der Waals surface area contributed by atoms with Gasteiger partial charge < -0.3 is 5.32 Å². The second kappa shape index (κ2) is 8.92. The van der Waals surface area contributed by atoms with E-state index in [0.717, 1.165) is 38.9 Å². The third-order valence-corrected chi connectivity index (χ3v) is 5.87. The van der Waals surface area contributed by atoms with Crippen LogP contribution in [0.4, 0.5) is 0 Å². The molecule has 1 aliphatic carbocycles. The summed E-state index contributed by atoms with van der Waals surface area (Å²) < 4.78 is 0. The van der Waals surface area contributed by atoms with Gasteiger partial charge >= 0.3 is 0 Å². The summed E-state index contributed by atoms with van der Waals surface area (Å²) in [4.78, 5) is 6.22. The lowest BCUT2D eigenvalue weighted by atomic mass is 9.87. The number of aliphatic imine (C=N–C) groups is 1. The summed E-state index contributed by atoms with van der Waals surface area (Å²) in [5, 5.41) is 13.1. The summed E-state index contributed by atoms with van der Waals surface area (Å²) in [5.74, 6) is 0.411. The van der Waals surface area contributed by atoms with Crippen molar-refractivity contribution in [2.24, 2.45) is 16.8 Å². The first kappa shape index (κ1) is 20.8. The zero-order valence-corrected chi connectivity index (χ0v) is 17.8. The Bertz CT molecular complexity index is 753. The molecule has 1 aliphatic heterocycles. The minimum Gasteiger partial charge on any atom is -0.365 e. The number of hydrogen-bond acceptors (Lipinski definition) is 4. The van der Waals surface area contributed by atoms with Crippen molar-refractivity contribution < 1.29 is 0 Å². The first-order chi connectivity index (χ1) is 12.2. The predicted molar refractivity (Wildman–Crippen MR) is 117 cm³/mol. The van der Waals surface area contributed by atoms with Gasteiger partial charge in [0, 0.05) is 28.4 Å². The summed E-state index contributed by atoms with van der Waals surface area (Å²) in [6, 6.07) is -0.138. The molecule has 26 heavy (non-hydrogen) atoms. The molecule has 5 heteroatoms. The summed E-state index contributed by atoms with van der Waals surface area (Å²) in [6.45, 7) is 14.3. The van der Waals surface area contributed by atoms with E-state index in [0.29, 0.717) is 5.04 Å². The smallest absolute Gasteiger partial charge is 0.100 e. The van der Waals surface area contributed by atoms with Gasteiger partial charge in [-0.2, -0.15) is 0 Å². The van der Waals surface area contributed by atoms with Gasteiger partial charge in [0.2, 0.25) is 0 Å². The Balaban J connectivity index is 2.61. The molecule has 3 nitrogen and oxygen atoms in total. The van der Waals surface area contributed by atoms with Crippen molar-refractivity contribution in [2.45, 2.75) is 47.1 Å². The molecule has 0 aromatic rings. The van der Waals surface area contributed by atoms with Crippen LogP contribution in [0.3, 0.4) is 0 Å². The Morgan fingerprint density at radius 2 is 2.15 bits per heavy atom. The Kier molecular flexibility index (Phi) is 7.13. The van der Waals surface area contributed by atoms with Crippen molar-refractivity contribution in [3.8, 4) is 0 Å². The highest BCUT2D eigenvalue weighted by atomic mass is 35.5. The Labute approximate surface area is 166 Å². The summed E-state index contributed by atoms with van der Waals surface area (Å²) in [6.07, 6.45) is 8.91. The van der Waals surface area contributed by atoms with E-state index in [1.54, 1.807) is 0 Å². The molecule has 2 atom stereocenters. The molecule has 1 heterocycles. The van der Waals surface area contributed by atoms with Crippen molar-refractivity contribution in [1.29, 1.82) is 5.41 Å². The van der Waals surface area contributed by atoms with Crippen molar-refractivity contribution in [3.63, 3.8) is 0 Å². The van der Waals surface area contributed by atoms with Crippen molar-refractivity contribution >= 4 is 34.1 Å². The highest BCUT2D eigenvalue weighted by molar-refractivity contribution is 8.17. The van der Waals surface area contributed by atoms with Crippen LogP contribution in [0.1, 0.15) is 41.0 Å². The van der Waals surface area contributed by atoms with Gasteiger partial charge in [0.1, 0.15) is 6.04 Å². The number of hydrogen-bond donors (Lipinski definition) is 2. The summed E-state index contributed by atoms with van der Waals surface area (Å²) >= 11 is 7.64. The van der Waals surface area contributed by atoms with Gasteiger partial charge in [-0.3, -0.25) is 10.4 Å². The highest BCUT2D eigenvalue weighted by Gasteiger charge is 2.28. The van der Waals surface area contributed by atoms with Crippen molar-refractivity contribution in [2.75, 3.05) is 0 Å². The van der Waals surface area contributed by atoms with Gasteiger partial charge in [0.05, 0.1) is 10.8 Å². The Morgan fingerprint density at radius 1 is 1.46 bits per heavy atom. The highest BCUT2D eigenvalue weighted by Crippen LogP contribution is 2.35. The van der Waals surface area contributed by atoms with Gasteiger partial charge in [-0.25, -0.2) is 0 Å². The lowest BCUT2D eigenvalue weighted by Crippen LogP contribution is -2.29. The summed E-state index contributed by atoms with van der Waals surface area (Å²) in [5.41, 5.74) is 4.11. The van der Waals surface area contributed by atoms with Crippen LogP contribution < -0.4 is 5.32 Å². The lowest BCUT2D eigenvalue weighted by Gasteiger charge is -2.28. The summed E-state index contributed by atoms with van der Waals surface area (Å²) in [7, 11) is 0. The second-order valence-electron chi connectivity index (χ2n) is 7.12. The van der Waals surface area contributed by atoms with Crippen LogP contribution in [0.2, 0.25) is 0 Å². The molecule has 2 unspecified atom stereocenters. The standard InChI is InChI=1S/C21H28ClN3S/c1-12(2)19-21(23)26-15(6)14(5)18(11-24-13(3)4)20(25-19)16-7-9-17(22)10-8-16/h7,9-12,16,19,23-24H,3,8H2,1-2,4-6H3/b15-14-,18-11-,23-21?,25-20-. The van der Waals surface area contributed by atoms with Gasteiger partial charge in [-0.1, -0.05) is 55.9 Å². The maximum Gasteiger partial charge on any atom is 0.100 e. The minimum atomic E-state index is -0.138. The molecule has 0 spiro atoms. The zero-order valence-electron chi connectivity index (χ0n) is 16.2. The van der Waals surface area contributed by atoms with Gasteiger partial charge in [-0.05, 0) is 49.7 Å². The molecule has 140 valence electrons. The first-order valence-electron chi connectivity index (χ1n) is 8.89. The van der Waals surface area contributed by atoms with E-state index in [1.165, 1.54) is 11.8 Å². The molecule has 0 radical (unpaired) electrons. The largest absolute Gasteiger partial charge is 0.365 e. The number of thioether (sulfide) groups is 1. The van der Waals surface area contributed by atoms with Crippen LogP contribution in [0.25, 0.3) is 0 Å². The zero-order chi connectivity index (χ0) is 19.4. The third kappa shape index (κ3) is 5.01. The van der Waals surface area contributed by atoms with Gasteiger partial charge in [0.15, 0.2) is 0 Å². The molecule has 2 N–H and O–H groups in total. The molecule has 2 rings (SSSR count).